The maximum Gasteiger partial charge on any atom is 0.406 e. The van der Waals surface area contributed by atoms with Crippen molar-refractivity contribution in [3.8, 4) is 0 Å². The maximum atomic E-state index is 12.2. The van der Waals surface area contributed by atoms with E-state index in [1.165, 1.54) is 6.07 Å². The van der Waals surface area contributed by atoms with Crippen LogP contribution in [0, 0.1) is 6.92 Å². The van der Waals surface area contributed by atoms with Crippen LogP contribution in [0.15, 0.2) is 22.7 Å². The first-order valence-electron chi connectivity index (χ1n) is 4.79. The highest BCUT2D eigenvalue weighted by molar-refractivity contribution is 9.10. The van der Waals surface area contributed by atoms with Crippen LogP contribution in [0.2, 0.25) is 0 Å². The Labute approximate surface area is 106 Å². The summed E-state index contributed by atoms with van der Waals surface area (Å²) >= 11 is 3.23. The van der Waals surface area contributed by atoms with Gasteiger partial charge in [0, 0.05) is 17.1 Å². The Bertz CT molecular complexity index is 431. The standard InChI is InChI=1S/C11H11BrF3NO/c1-7-8(4-3-5-9(7)12)10(17)16(2)6-11(13,14)15/h3-5H,6H2,1-2H3. The molecule has 2 nitrogen and oxygen atoms in total. The van der Waals surface area contributed by atoms with E-state index in [1.807, 2.05) is 0 Å². The number of halogens is 4. The van der Waals surface area contributed by atoms with Crippen molar-refractivity contribution >= 4 is 21.8 Å². The molecule has 1 aromatic carbocycles. The Morgan fingerprint density at radius 1 is 1.41 bits per heavy atom. The number of carbonyl (C=O) groups is 1. The van der Waals surface area contributed by atoms with E-state index in [1.54, 1.807) is 19.1 Å². The highest BCUT2D eigenvalue weighted by atomic mass is 79.9. The molecule has 6 heteroatoms. The lowest BCUT2D eigenvalue weighted by Crippen LogP contribution is -2.36. The Kier molecular flexibility index (Phi) is 4.19. The number of hydrogen-bond donors (Lipinski definition) is 0. The summed E-state index contributed by atoms with van der Waals surface area (Å²) in [5.74, 6) is -0.638. The zero-order chi connectivity index (χ0) is 13.2. The van der Waals surface area contributed by atoms with Crippen LogP contribution in [0.25, 0.3) is 0 Å². The van der Waals surface area contributed by atoms with Gasteiger partial charge in [0.1, 0.15) is 6.54 Å². The fourth-order valence-corrected chi connectivity index (χ4v) is 1.75. The number of hydrogen-bond acceptors (Lipinski definition) is 1. The largest absolute Gasteiger partial charge is 0.406 e. The van der Waals surface area contributed by atoms with Crippen molar-refractivity contribution in [1.29, 1.82) is 0 Å². The molecule has 1 rings (SSSR count). The molecule has 1 aromatic rings. The van der Waals surface area contributed by atoms with E-state index in [4.69, 9.17) is 0 Å². The highest BCUT2D eigenvalue weighted by Gasteiger charge is 2.31. The highest BCUT2D eigenvalue weighted by Crippen LogP contribution is 2.22. The molecule has 0 aliphatic rings. The molecule has 0 saturated carbocycles. The van der Waals surface area contributed by atoms with Gasteiger partial charge in [-0.2, -0.15) is 13.2 Å². The fraction of sp³-hybridized carbons (Fsp3) is 0.364. The smallest absolute Gasteiger partial charge is 0.333 e. The first kappa shape index (κ1) is 14.0. The summed E-state index contributed by atoms with van der Waals surface area (Å²) in [5, 5.41) is 0. The van der Waals surface area contributed by atoms with Crippen LogP contribution in [0.5, 0.6) is 0 Å². The van der Waals surface area contributed by atoms with Crippen LogP contribution >= 0.6 is 15.9 Å². The van der Waals surface area contributed by atoms with E-state index in [2.05, 4.69) is 15.9 Å². The van der Waals surface area contributed by atoms with Crippen molar-refractivity contribution < 1.29 is 18.0 Å². The second-order valence-electron chi connectivity index (χ2n) is 3.69. The summed E-state index contributed by atoms with van der Waals surface area (Å²) in [5.41, 5.74) is 0.901. The van der Waals surface area contributed by atoms with E-state index < -0.39 is 18.6 Å². The van der Waals surface area contributed by atoms with Gasteiger partial charge in [-0.15, -0.1) is 0 Å². The van der Waals surface area contributed by atoms with Crippen LogP contribution in [0.4, 0.5) is 13.2 Å². The normalized spacial score (nSPS) is 11.4. The van der Waals surface area contributed by atoms with Gasteiger partial charge >= 0.3 is 6.18 Å². The lowest BCUT2D eigenvalue weighted by molar-refractivity contribution is -0.138. The van der Waals surface area contributed by atoms with Gasteiger partial charge in [-0.1, -0.05) is 22.0 Å². The van der Waals surface area contributed by atoms with Crippen molar-refractivity contribution in [3.05, 3.63) is 33.8 Å². The van der Waals surface area contributed by atoms with Crippen molar-refractivity contribution in [2.45, 2.75) is 13.1 Å². The van der Waals surface area contributed by atoms with Crippen LogP contribution in [-0.4, -0.2) is 30.6 Å². The lowest BCUT2D eigenvalue weighted by atomic mass is 10.1. The van der Waals surface area contributed by atoms with Gasteiger partial charge in [0.15, 0.2) is 0 Å². The first-order chi connectivity index (χ1) is 7.72. The number of alkyl halides is 3. The molecule has 0 bridgehead atoms. The minimum Gasteiger partial charge on any atom is -0.333 e. The minimum atomic E-state index is -4.38. The predicted molar refractivity (Wildman–Crippen MR) is 61.9 cm³/mol. The van der Waals surface area contributed by atoms with Crippen LogP contribution in [0.3, 0.4) is 0 Å². The third kappa shape index (κ3) is 3.73. The van der Waals surface area contributed by atoms with E-state index in [0.717, 1.165) is 7.05 Å². The minimum absolute atomic E-state index is 0.270. The Balaban J connectivity index is 2.93. The second kappa shape index (κ2) is 5.08. The summed E-state index contributed by atoms with van der Waals surface area (Å²) in [6.07, 6.45) is -4.38. The Morgan fingerprint density at radius 3 is 2.53 bits per heavy atom. The number of carbonyl (C=O) groups excluding carboxylic acids is 1. The number of nitrogens with zero attached hydrogens (tertiary/aromatic N) is 1. The van der Waals surface area contributed by atoms with Crippen molar-refractivity contribution in [3.63, 3.8) is 0 Å². The topological polar surface area (TPSA) is 20.3 Å². The molecule has 0 N–H and O–H groups in total. The van der Waals surface area contributed by atoms with Gasteiger partial charge < -0.3 is 4.90 Å². The molecule has 0 radical (unpaired) electrons. The third-order valence-electron chi connectivity index (χ3n) is 2.26. The van der Waals surface area contributed by atoms with E-state index in [0.29, 0.717) is 14.9 Å². The molecule has 0 fully saturated rings. The van der Waals surface area contributed by atoms with Gasteiger partial charge in [0.05, 0.1) is 0 Å². The molecule has 0 spiro atoms. The number of rotatable bonds is 2. The number of benzene rings is 1. The van der Waals surface area contributed by atoms with Crippen LogP contribution in [-0.2, 0) is 0 Å². The molecule has 0 aliphatic heterocycles. The summed E-state index contributed by atoms with van der Waals surface area (Å²) in [6.45, 7) is 0.427. The SMILES string of the molecule is Cc1c(Br)cccc1C(=O)N(C)CC(F)(F)F. The summed E-state index contributed by atoms with van der Waals surface area (Å²) in [4.78, 5) is 12.5. The molecular weight excluding hydrogens is 299 g/mol. The molecule has 1 amide bonds. The van der Waals surface area contributed by atoms with Crippen LogP contribution in [0.1, 0.15) is 15.9 Å². The zero-order valence-electron chi connectivity index (χ0n) is 9.31. The van der Waals surface area contributed by atoms with Crippen molar-refractivity contribution in [1.82, 2.24) is 4.90 Å². The lowest BCUT2D eigenvalue weighted by Gasteiger charge is -2.20. The van der Waals surface area contributed by atoms with Gasteiger partial charge in [0.25, 0.3) is 5.91 Å². The van der Waals surface area contributed by atoms with Gasteiger partial charge in [-0.3, -0.25) is 4.79 Å². The second-order valence-corrected chi connectivity index (χ2v) is 4.54. The molecule has 0 aliphatic carbocycles. The molecular formula is C11H11BrF3NO. The monoisotopic (exact) mass is 309 g/mol. The summed E-state index contributed by atoms with van der Waals surface area (Å²) in [7, 11) is 1.14. The van der Waals surface area contributed by atoms with Crippen molar-refractivity contribution in [2.75, 3.05) is 13.6 Å². The average molecular weight is 310 g/mol. The van der Waals surface area contributed by atoms with E-state index in [-0.39, 0.29) is 5.56 Å². The third-order valence-corrected chi connectivity index (χ3v) is 3.12. The summed E-state index contributed by atoms with van der Waals surface area (Å²) < 4.78 is 37.2. The van der Waals surface area contributed by atoms with E-state index in [9.17, 15) is 18.0 Å². The van der Waals surface area contributed by atoms with E-state index >= 15 is 0 Å². The van der Waals surface area contributed by atoms with Crippen molar-refractivity contribution in [2.24, 2.45) is 0 Å². The molecule has 0 saturated heterocycles. The van der Waals surface area contributed by atoms with Crippen LogP contribution < -0.4 is 0 Å². The zero-order valence-corrected chi connectivity index (χ0v) is 10.9. The molecule has 0 aromatic heterocycles. The van der Waals surface area contributed by atoms with Gasteiger partial charge in [-0.25, -0.2) is 0 Å². The molecule has 0 atom stereocenters. The quantitative estimate of drug-likeness (QED) is 0.820. The summed E-state index contributed by atoms with van der Waals surface area (Å²) in [6, 6.07) is 4.86. The number of amides is 1. The Morgan fingerprint density at radius 2 is 2.00 bits per heavy atom. The molecule has 0 heterocycles. The van der Waals surface area contributed by atoms with Gasteiger partial charge in [0.2, 0.25) is 0 Å². The van der Waals surface area contributed by atoms with Gasteiger partial charge in [-0.05, 0) is 24.6 Å². The Hall–Kier alpha value is -1.04. The predicted octanol–water partition coefficient (Wildman–Crippen LogP) is 3.39. The molecule has 17 heavy (non-hydrogen) atoms. The molecule has 94 valence electrons. The fourth-order valence-electron chi connectivity index (χ4n) is 1.39. The first-order valence-corrected chi connectivity index (χ1v) is 5.59. The average Bonchev–Trinajstić information content (AvgIpc) is 2.18. The maximum absolute atomic E-state index is 12.2. The molecule has 0 unspecified atom stereocenters.